The molecule has 0 atom stereocenters. The van der Waals surface area contributed by atoms with Crippen LogP contribution < -0.4 is 5.69 Å². The minimum atomic E-state index is -0.434. The largest absolute Gasteiger partial charge is 0.350 e. The van der Waals surface area contributed by atoms with Crippen molar-refractivity contribution in [1.82, 2.24) is 14.3 Å². The molecule has 2 aromatic carbocycles. The van der Waals surface area contributed by atoms with Crippen LogP contribution in [0.4, 0.5) is 4.39 Å². The second-order valence-electron chi connectivity index (χ2n) is 5.94. The zero-order valence-corrected chi connectivity index (χ0v) is 13.6. The minimum Gasteiger partial charge on any atom is -0.247 e. The van der Waals surface area contributed by atoms with Crippen molar-refractivity contribution < 1.29 is 4.39 Å². The summed E-state index contributed by atoms with van der Waals surface area (Å²) in [5, 5.41) is 4.76. The van der Waals surface area contributed by atoms with Crippen LogP contribution in [0.15, 0.2) is 53.3 Å². The van der Waals surface area contributed by atoms with Crippen molar-refractivity contribution in [2.24, 2.45) is 0 Å². The van der Waals surface area contributed by atoms with Gasteiger partial charge in [-0.1, -0.05) is 35.9 Å². The number of nitrogens with zero attached hydrogens (tertiary/aromatic N) is 3. The fourth-order valence-corrected chi connectivity index (χ4v) is 3.01. The molecule has 3 aromatic rings. The number of halogens is 2. The average Bonchev–Trinajstić information content (AvgIpc) is 3.37. The Hall–Kier alpha value is -2.40. The first-order valence-corrected chi connectivity index (χ1v) is 8.21. The maximum absolute atomic E-state index is 14.0. The summed E-state index contributed by atoms with van der Waals surface area (Å²) in [5.41, 5.74) is 0.777. The van der Waals surface area contributed by atoms with Crippen LogP contribution in [0.2, 0.25) is 5.02 Å². The summed E-state index contributed by atoms with van der Waals surface area (Å²) in [6.07, 6.45) is 2.04. The van der Waals surface area contributed by atoms with E-state index in [1.807, 2.05) is 30.3 Å². The molecule has 0 spiro atoms. The molecule has 0 bridgehead atoms. The molecule has 1 saturated carbocycles. The summed E-state index contributed by atoms with van der Waals surface area (Å²) in [5.74, 6) is 0.588. The predicted molar refractivity (Wildman–Crippen MR) is 90.3 cm³/mol. The van der Waals surface area contributed by atoms with Crippen LogP contribution in [0.25, 0.3) is 5.69 Å². The van der Waals surface area contributed by atoms with E-state index in [1.54, 1.807) is 16.7 Å². The number of hydrogen-bond donors (Lipinski definition) is 0. The summed E-state index contributed by atoms with van der Waals surface area (Å²) in [6.45, 7) is 0.0178. The fraction of sp³-hybridized carbons (Fsp3) is 0.222. The summed E-state index contributed by atoms with van der Waals surface area (Å²) in [4.78, 5) is 12.8. The lowest BCUT2D eigenvalue weighted by molar-refractivity contribution is 0.575. The van der Waals surface area contributed by atoms with Crippen LogP contribution in [-0.2, 0) is 6.54 Å². The second-order valence-corrected chi connectivity index (χ2v) is 6.35. The lowest BCUT2D eigenvalue weighted by atomic mass is 10.2. The van der Waals surface area contributed by atoms with E-state index < -0.39 is 5.82 Å². The van der Waals surface area contributed by atoms with Gasteiger partial charge in [0, 0.05) is 16.5 Å². The van der Waals surface area contributed by atoms with Gasteiger partial charge in [0.15, 0.2) is 0 Å². The third-order valence-corrected chi connectivity index (χ3v) is 4.54. The van der Waals surface area contributed by atoms with Gasteiger partial charge >= 0.3 is 5.69 Å². The Labute approximate surface area is 143 Å². The smallest absolute Gasteiger partial charge is 0.247 e. The molecule has 122 valence electrons. The van der Waals surface area contributed by atoms with Gasteiger partial charge in [-0.05, 0) is 37.1 Å². The molecule has 0 N–H and O–H groups in total. The van der Waals surface area contributed by atoms with Gasteiger partial charge in [-0.25, -0.2) is 18.4 Å². The third-order valence-electron chi connectivity index (χ3n) is 4.19. The Balaban J connectivity index is 1.82. The number of aromatic nitrogens is 3. The quantitative estimate of drug-likeness (QED) is 0.723. The predicted octanol–water partition coefficient (Wildman–Crippen LogP) is 3.75. The molecule has 1 fully saturated rings. The van der Waals surface area contributed by atoms with Gasteiger partial charge in [0.2, 0.25) is 0 Å². The highest BCUT2D eigenvalue weighted by atomic mass is 35.5. The van der Waals surface area contributed by atoms with Crippen LogP contribution in [0.3, 0.4) is 0 Å². The highest BCUT2D eigenvalue weighted by Gasteiger charge is 2.31. The van der Waals surface area contributed by atoms with Crippen molar-refractivity contribution in [3.05, 3.63) is 81.2 Å². The van der Waals surface area contributed by atoms with Crippen LogP contribution in [-0.4, -0.2) is 14.3 Å². The number of benzene rings is 2. The van der Waals surface area contributed by atoms with Crippen LogP contribution >= 0.6 is 11.6 Å². The van der Waals surface area contributed by atoms with Crippen molar-refractivity contribution >= 4 is 11.6 Å². The summed E-state index contributed by atoms with van der Waals surface area (Å²) in [7, 11) is 0. The topological polar surface area (TPSA) is 39.8 Å². The van der Waals surface area contributed by atoms with Gasteiger partial charge in [-0.2, -0.15) is 5.10 Å². The first-order valence-electron chi connectivity index (χ1n) is 7.83. The standard InChI is InChI=1S/C18H15ClFN3O/c19-15-7-4-8-16(20)14(15)11-22-18(24)23(13-5-2-1-3-6-13)17(21-22)12-9-10-12/h1-8,12H,9-11H2. The zero-order valence-electron chi connectivity index (χ0n) is 12.8. The first-order chi connectivity index (χ1) is 11.6. The van der Waals surface area contributed by atoms with Crippen molar-refractivity contribution in [3.63, 3.8) is 0 Å². The van der Waals surface area contributed by atoms with E-state index >= 15 is 0 Å². The molecular weight excluding hydrogens is 329 g/mol. The molecular formula is C18H15ClFN3O. The van der Waals surface area contributed by atoms with Gasteiger partial charge in [0.1, 0.15) is 11.6 Å². The SMILES string of the molecule is O=c1n(Cc2c(F)cccc2Cl)nc(C2CC2)n1-c1ccccc1. The minimum absolute atomic E-state index is 0.0178. The number of rotatable bonds is 4. The fourth-order valence-electron chi connectivity index (χ4n) is 2.79. The lowest BCUT2D eigenvalue weighted by Gasteiger charge is -2.05. The molecule has 24 heavy (non-hydrogen) atoms. The van der Waals surface area contributed by atoms with Gasteiger partial charge in [-0.3, -0.25) is 0 Å². The summed E-state index contributed by atoms with van der Waals surface area (Å²) in [6, 6.07) is 13.9. The Kier molecular flexibility index (Phi) is 3.73. The molecule has 1 aliphatic rings. The Morgan fingerprint density at radius 2 is 1.88 bits per heavy atom. The van der Waals surface area contributed by atoms with Crippen molar-refractivity contribution in [1.29, 1.82) is 0 Å². The summed E-state index contributed by atoms with van der Waals surface area (Å²) >= 11 is 6.08. The third kappa shape index (κ3) is 2.65. The maximum Gasteiger partial charge on any atom is 0.350 e. The molecule has 1 aromatic heterocycles. The zero-order chi connectivity index (χ0) is 16.7. The first kappa shape index (κ1) is 15.1. The molecule has 0 unspecified atom stereocenters. The highest BCUT2D eigenvalue weighted by Crippen LogP contribution is 2.39. The molecule has 6 heteroatoms. The normalized spacial score (nSPS) is 14.1. The van der Waals surface area contributed by atoms with Crippen LogP contribution in [0.5, 0.6) is 0 Å². The molecule has 4 nitrogen and oxygen atoms in total. The van der Waals surface area contributed by atoms with E-state index in [2.05, 4.69) is 5.10 Å². The van der Waals surface area contributed by atoms with E-state index in [0.717, 1.165) is 24.4 Å². The van der Waals surface area contributed by atoms with Gasteiger partial charge < -0.3 is 0 Å². The van der Waals surface area contributed by atoms with Gasteiger partial charge in [-0.15, -0.1) is 0 Å². The van der Waals surface area contributed by atoms with Crippen molar-refractivity contribution in [2.45, 2.75) is 25.3 Å². The van der Waals surface area contributed by atoms with Gasteiger partial charge in [0.25, 0.3) is 0 Å². The van der Waals surface area contributed by atoms with E-state index in [-0.39, 0.29) is 23.7 Å². The maximum atomic E-state index is 14.0. The monoisotopic (exact) mass is 343 g/mol. The van der Waals surface area contributed by atoms with E-state index in [4.69, 9.17) is 11.6 Å². The van der Waals surface area contributed by atoms with Crippen molar-refractivity contribution in [2.75, 3.05) is 0 Å². The molecule has 0 radical (unpaired) electrons. The van der Waals surface area contributed by atoms with Crippen molar-refractivity contribution in [3.8, 4) is 5.69 Å². The van der Waals surface area contributed by atoms with E-state index in [1.165, 1.54) is 10.7 Å². The molecule has 1 heterocycles. The molecule has 1 aliphatic carbocycles. The van der Waals surface area contributed by atoms with E-state index in [9.17, 15) is 9.18 Å². The summed E-state index contributed by atoms with van der Waals surface area (Å²) < 4.78 is 16.9. The second kappa shape index (κ2) is 5.91. The average molecular weight is 344 g/mol. The molecule has 0 aliphatic heterocycles. The number of para-hydroxylation sites is 1. The van der Waals surface area contributed by atoms with Gasteiger partial charge in [0.05, 0.1) is 12.2 Å². The van der Waals surface area contributed by atoms with Crippen LogP contribution in [0.1, 0.15) is 30.1 Å². The highest BCUT2D eigenvalue weighted by molar-refractivity contribution is 6.31. The van der Waals surface area contributed by atoms with E-state index in [0.29, 0.717) is 5.02 Å². The van der Waals surface area contributed by atoms with Crippen LogP contribution in [0, 0.1) is 5.82 Å². The Bertz CT molecular complexity index is 924. The Morgan fingerprint density at radius 1 is 1.12 bits per heavy atom. The Morgan fingerprint density at radius 3 is 2.54 bits per heavy atom. The molecule has 0 amide bonds. The number of hydrogen-bond acceptors (Lipinski definition) is 2. The molecule has 0 saturated heterocycles. The lowest BCUT2D eigenvalue weighted by Crippen LogP contribution is -2.25. The molecule has 4 rings (SSSR count).